The first kappa shape index (κ1) is 14.6. The van der Waals surface area contributed by atoms with Crippen molar-refractivity contribution in [1.82, 2.24) is 19.8 Å². The van der Waals surface area contributed by atoms with Gasteiger partial charge in [0.1, 0.15) is 0 Å². The van der Waals surface area contributed by atoms with Crippen LogP contribution in [0.2, 0.25) is 5.15 Å². The molecule has 1 aliphatic rings. The Morgan fingerprint density at radius 1 is 1.19 bits per heavy atom. The van der Waals surface area contributed by atoms with Gasteiger partial charge in [-0.2, -0.15) is 0 Å². The van der Waals surface area contributed by atoms with Crippen LogP contribution in [0, 0.1) is 0 Å². The van der Waals surface area contributed by atoms with E-state index in [-0.39, 0.29) is 0 Å². The summed E-state index contributed by atoms with van der Waals surface area (Å²) < 4.78 is 2.10. The molecule has 2 aromatic heterocycles. The molecule has 0 amide bonds. The van der Waals surface area contributed by atoms with Crippen LogP contribution in [-0.2, 0) is 6.54 Å². The van der Waals surface area contributed by atoms with Crippen LogP contribution in [0.3, 0.4) is 0 Å². The third kappa shape index (κ3) is 3.64. The van der Waals surface area contributed by atoms with Gasteiger partial charge in [0.05, 0.1) is 5.69 Å². The van der Waals surface area contributed by atoms with E-state index in [0.29, 0.717) is 5.15 Å². The molecular formula is C16H21ClN4. The van der Waals surface area contributed by atoms with Crippen molar-refractivity contribution in [2.24, 2.45) is 0 Å². The fourth-order valence-electron chi connectivity index (χ4n) is 2.81. The van der Waals surface area contributed by atoms with E-state index in [1.165, 1.54) is 31.6 Å². The summed E-state index contributed by atoms with van der Waals surface area (Å²) in [4.78, 5) is 6.66. The topological polar surface area (TPSA) is 33.1 Å². The Morgan fingerprint density at radius 3 is 2.86 bits per heavy atom. The van der Waals surface area contributed by atoms with Gasteiger partial charge in [-0.25, -0.2) is 4.98 Å². The van der Waals surface area contributed by atoms with Gasteiger partial charge < -0.3 is 14.8 Å². The average Bonchev–Trinajstić information content (AvgIpc) is 3.16. The summed E-state index contributed by atoms with van der Waals surface area (Å²) in [7, 11) is 0. The molecule has 2 aromatic rings. The Morgan fingerprint density at radius 2 is 2.05 bits per heavy atom. The zero-order chi connectivity index (χ0) is 14.5. The first-order valence-corrected chi connectivity index (χ1v) is 7.92. The van der Waals surface area contributed by atoms with Gasteiger partial charge in [0, 0.05) is 37.7 Å². The minimum absolute atomic E-state index is 0.534. The number of hydrogen-bond donors (Lipinski definition) is 1. The van der Waals surface area contributed by atoms with Crippen molar-refractivity contribution in [3.63, 3.8) is 0 Å². The van der Waals surface area contributed by atoms with E-state index in [9.17, 15) is 0 Å². The molecule has 3 heterocycles. The molecule has 0 saturated carbocycles. The number of likely N-dealkylation sites (tertiary alicyclic amines) is 1. The third-order valence-electron chi connectivity index (χ3n) is 3.94. The number of pyridine rings is 1. The van der Waals surface area contributed by atoms with E-state index >= 15 is 0 Å². The summed E-state index contributed by atoms with van der Waals surface area (Å²) in [5.74, 6) is 0. The van der Waals surface area contributed by atoms with Crippen LogP contribution in [-0.4, -0.2) is 40.6 Å². The Balaban J connectivity index is 1.57. The molecule has 3 rings (SSSR count). The van der Waals surface area contributed by atoms with Gasteiger partial charge in [0.25, 0.3) is 0 Å². The highest BCUT2D eigenvalue weighted by Crippen LogP contribution is 2.19. The van der Waals surface area contributed by atoms with Gasteiger partial charge in [0.2, 0.25) is 0 Å². The maximum Gasteiger partial charge on any atom is 0.152 e. The zero-order valence-corrected chi connectivity index (χ0v) is 12.9. The second-order valence-corrected chi connectivity index (χ2v) is 5.77. The number of nitrogens with zero attached hydrogens (tertiary/aromatic N) is 3. The molecular weight excluding hydrogens is 284 g/mol. The van der Waals surface area contributed by atoms with Crippen molar-refractivity contribution in [3.05, 3.63) is 47.5 Å². The van der Waals surface area contributed by atoms with Crippen molar-refractivity contribution in [2.75, 3.05) is 26.2 Å². The molecule has 0 aliphatic carbocycles. The van der Waals surface area contributed by atoms with Gasteiger partial charge >= 0.3 is 0 Å². The molecule has 1 aliphatic heterocycles. The van der Waals surface area contributed by atoms with Crippen molar-refractivity contribution < 1.29 is 0 Å². The molecule has 112 valence electrons. The summed E-state index contributed by atoms with van der Waals surface area (Å²) in [5.41, 5.74) is 2.13. The molecule has 0 bridgehead atoms. The molecule has 0 radical (unpaired) electrons. The van der Waals surface area contributed by atoms with Crippen LogP contribution in [0.15, 0.2) is 36.7 Å². The van der Waals surface area contributed by atoms with E-state index in [1.54, 1.807) is 6.20 Å². The highest BCUT2D eigenvalue weighted by Gasteiger charge is 2.11. The number of halogens is 1. The fourth-order valence-corrected chi connectivity index (χ4v) is 3.02. The SMILES string of the molecule is Clc1ncccc1-n1cccc1CNCCN1CCCC1. The van der Waals surface area contributed by atoms with Gasteiger partial charge in [-0.05, 0) is 50.2 Å². The van der Waals surface area contributed by atoms with E-state index in [0.717, 1.165) is 25.3 Å². The smallest absolute Gasteiger partial charge is 0.152 e. The minimum Gasteiger partial charge on any atom is -0.317 e. The lowest BCUT2D eigenvalue weighted by atomic mass is 10.3. The fraction of sp³-hybridized carbons (Fsp3) is 0.438. The van der Waals surface area contributed by atoms with Crippen LogP contribution in [0.1, 0.15) is 18.5 Å². The molecule has 0 unspecified atom stereocenters. The predicted molar refractivity (Wildman–Crippen MR) is 86.0 cm³/mol. The van der Waals surface area contributed by atoms with Crippen LogP contribution >= 0.6 is 11.6 Å². The lowest BCUT2D eigenvalue weighted by Crippen LogP contribution is -2.30. The summed E-state index contributed by atoms with van der Waals surface area (Å²) in [6.07, 6.45) is 6.44. The van der Waals surface area contributed by atoms with Gasteiger partial charge in [-0.15, -0.1) is 0 Å². The van der Waals surface area contributed by atoms with E-state index < -0.39 is 0 Å². The number of rotatable bonds is 6. The van der Waals surface area contributed by atoms with Crippen LogP contribution < -0.4 is 5.32 Å². The molecule has 1 saturated heterocycles. The molecule has 1 N–H and O–H groups in total. The van der Waals surface area contributed by atoms with E-state index in [2.05, 4.69) is 25.8 Å². The lowest BCUT2D eigenvalue weighted by Gasteiger charge is -2.15. The van der Waals surface area contributed by atoms with Crippen LogP contribution in [0.4, 0.5) is 0 Å². The highest BCUT2D eigenvalue weighted by atomic mass is 35.5. The van der Waals surface area contributed by atoms with Crippen molar-refractivity contribution >= 4 is 11.6 Å². The van der Waals surface area contributed by atoms with Gasteiger partial charge in [0.15, 0.2) is 5.15 Å². The lowest BCUT2D eigenvalue weighted by molar-refractivity contribution is 0.335. The summed E-state index contributed by atoms with van der Waals surface area (Å²) in [6, 6.07) is 8.06. The first-order valence-electron chi connectivity index (χ1n) is 7.55. The van der Waals surface area contributed by atoms with Gasteiger partial charge in [-0.3, -0.25) is 0 Å². The maximum atomic E-state index is 6.18. The minimum atomic E-state index is 0.534. The largest absolute Gasteiger partial charge is 0.317 e. The zero-order valence-electron chi connectivity index (χ0n) is 12.1. The Bertz CT molecular complexity index is 575. The average molecular weight is 305 g/mol. The first-order chi connectivity index (χ1) is 10.3. The molecule has 4 nitrogen and oxygen atoms in total. The monoisotopic (exact) mass is 304 g/mol. The van der Waals surface area contributed by atoms with Crippen molar-refractivity contribution in [1.29, 1.82) is 0 Å². The molecule has 0 atom stereocenters. The predicted octanol–water partition coefficient (Wildman–Crippen LogP) is 2.71. The molecule has 0 aromatic carbocycles. The second-order valence-electron chi connectivity index (χ2n) is 5.41. The third-order valence-corrected chi connectivity index (χ3v) is 4.23. The molecule has 21 heavy (non-hydrogen) atoms. The number of aromatic nitrogens is 2. The summed E-state index contributed by atoms with van der Waals surface area (Å²) in [6.45, 7) is 5.50. The molecule has 5 heteroatoms. The van der Waals surface area contributed by atoms with E-state index in [4.69, 9.17) is 11.6 Å². The number of hydrogen-bond acceptors (Lipinski definition) is 3. The summed E-state index contributed by atoms with van der Waals surface area (Å²) >= 11 is 6.18. The number of nitrogens with one attached hydrogen (secondary N) is 1. The van der Waals surface area contributed by atoms with Crippen LogP contribution in [0.25, 0.3) is 5.69 Å². The molecule has 1 fully saturated rings. The summed E-state index contributed by atoms with van der Waals surface area (Å²) in [5, 5.41) is 4.05. The maximum absolute atomic E-state index is 6.18. The Kier molecular flexibility index (Phi) is 4.91. The second kappa shape index (κ2) is 7.07. The normalized spacial score (nSPS) is 15.7. The van der Waals surface area contributed by atoms with Crippen molar-refractivity contribution in [3.8, 4) is 5.69 Å². The highest BCUT2D eigenvalue weighted by molar-refractivity contribution is 6.31. The standard InChI is InChI=1S/C16H21ClN4/c17-16-15(6-3-7-19-16)21-11-4-5-14(21)13-18-8-12-20-9-1-2-10-20/h3-7,11,18H,1-2,8-10,12-13H2. The van der Waals surface area contributed by atoms with Crippen molar-refractivity contribution in [2.45, 2.75) is 19.4 Å². The van der Waals surface area contributed by atoms with E-state index in [1.807, 2.05) is 24.4 Å². The Labute approximate surface area is 130 Å². The molecule has 0 spiro atoms. The quantitative estimate of drug-likeness (QED) is 0.658. The Hall–Kier alpha value is -1.36. The van der Waals surface area contributed by atoms with Gasteiger partial charge in [-0.1, -0.05) is 11.6 Å². The van der Waals surface area contributed by atoms with Crippen LogP contribution in [0.5, 0.6) is 0 Å².